The number of ether oxygens (including phenoxy) is 2. The summed E-state index contributed by atoms with van der Waals surface area (Å²) in [6.07, 6.45) is 5.83. The van der Waals surface area contributed by atoms with E-state index in [4.69, 9.17) is 9.47 Å². The highest BCUT2D eigenvalue weighted by molar-refractivity contribution is 6.06. The minimum atomic E-state index is -0.0219. The van der Waals surface area contributed by atoms with Gasteiger partial charge in [-0.2, -0.15) is 0 Å². The van der Waals surface area contributed by atoms with E-state index < -0.39 is 0 Å². The number of carbonyl (C=O) groups excluding carboxylic acids is 1. The molecular formula is C25H26N2O3. The van der Waals surface area contributed by atoms with Crippen molar-refractivity contribution in [3.05, 3.63) is 84.2 Å². The second-order valence-electron chi connectivity index (χ2n) is 7.63. The number of pyridine rings is 1. The number of carbonyl (C=O) groups is 1. The Bertz CT molecular complexity index is 985. The molecule has 0 aliphatic heterocycles. The quantitative estimate of drug-likeness (QED) is 0.525. The largest absolute Gasteiger partial charge is 0.497 e. The molecule has 2 aromatic carbocycles. The van der Waals surface area contributed by atoms with Crippen LogP contribution >= 0.6 is 0 Å². The average molecular weight is 402 g/mol. The number of nitrogens with zero attached hydrogens (tertiary/aromatic N) is 2. The smallest absolute Gasteiger partial charge is 0.258 e. The summed E-state index contributed by atoms with van der Waals surface area (Å²) >= 11 is 0. The number of hydrogen-bond acceptors (Lipinski definition) is 4. The van der Waals surface area contributed by atoms with Gasteiger partial charge in [0.25, 0.3) is 5.91 Å². The van der Waals surface area contributed by atoms with Crippen LogP contribution in [0.25, 0.3) is 0 Å². The molecule has 1 fully saturated rings. The van der Waals surface area contributed by atoms with Gasteiger partial charge in [0.05, 0.1) is 7.11 Å². The molecule has 4 rings (SSSR count). The third kappa shape index (κ3) is 4.62. The van der Waals surface area contributed by atoms with Crippen molar-refractivity contribution < 1.29 is 14.3 Å². The van der Waals surface area contributed by atoms with Crippen LogP contribution < -0.4 is 14.4 Å². The van der Waals surface area contributed by atoms with Crippen LogP contribution in [0, 0.1) is 5.92 Å². The van der Waals surface area contributed by atoms with Crippen LogP contribution in [-0.4, -0.2) is 24.0 Å². The van der Waals surface area contributed by atoms with Crippen LogP contribution in [0.5, 0.6) is 11.5 Å². The van der Waals surface area contributed by atoms with Crippen LogP contribution in [0.4, 0.5) is 5.69 Å². The molecule has 1 aliphatic carbocycles. The molecule has 0 spiro atoms. The lowest BCUT2D eigenvalue weighted by molar-refractivity contribution is 0.0975. The first-order valence-corrected chi connectivity index (χ1v) is 10.2. The first-order chi connectivity index (χ1) is 14.7. The van der Waals surface area contributed by atoms with E-state index in [1.165, 1.54) is 0 Å². The maximum Gasteiger partial charge on any atom is 0.258 e. The standard InChI is InChI=1S/C25H26N2O3/c1-18(20-8-9-20)27(22-10-12-23(29-2)13-11-22)25(28)21-6-3-7-24(15-21)30-17-19-5-4-14-26-16-19/h3-7,10-16,18,20H,8-9,17H2,1-2H3. The highest BCUT2D eigenvalue weighted by atomic mass is 16.5. The third-order valence-electron chi connectivity index (χ3n) is 5.49. The lowest BCUT2D eigenvalue weighted by Crippen LogP contribution is -2.40. The summed E-state index contributed by atoms with van der Waals surface area (Å²) in [4.78, 5) is 19.5. The highest BCUT2D eigenvalue weighted by Gasteiger charge is 2.35. The van der Waals surface area contributed by atoms with E-state index in [9.17, 15) is 4.79 Å². The number of benzene rings is 2. The molecule has 1 atom stereocenters. The van der Waals surface area contributed by atoms with E-state index in [2.05, 4.69) is 11.9 Å². The molecule has 1 heterocycles. The minimum Gasteiger partial charge on any atom is -0.497 e. The fourth-order valence-electron chi connectivity index (χ4n) is 3.58. The van der Waals surface area contributed by atoms with Gasteiger partial charge in [0.1, 0.15) is 18.1 Å². The van der Waals surface area contributed by atoms with Gasteiger partial charge in [-0.1, -0.05) is 12.1 Å². The topological polar surface area (TPSA) is 51.7 Å². The number of anilines is 1. The highest BCUT2D eigenvalue weighted by Crippen LogP contribution is 2.38. The van der Waals surface area contributed by atoms with E-state index in [1.807, 2.05) is 65.6 Å². The molecule has 1 aromatic heterocycles. The number of rotatable bonds is 8. The Morgan fingerprint density at radius 1 is 1.10 bits per heavy atom. The zero-order valence-corrected chi connectivity index (χ0v) is 17.3. The Morgan fingerprint density at radius 2 is 1.90 bits per heavy atom. The van der Waals surface area contributed by atoms with Crippen LogP contribution in [0.2, 0.25) is 0 Å². The van der Waals surface area contributed by atoms with Gasteiger partial charge in [0.2, 0.25) is 0 Å². The minimum absolute atomic E-state index is 0.0219. The Balaban J connectivity index is 1.56. The summed E-state index contributed by atoms with van der Waals surface area (Å²) in [5.74, 6) is 1.96. The van der Waals surface area contributed by atoms with Crippen molar-refractivity contribution in [1.29, 1.82) is 0 Å². The normalized spacial score (nSPS) is 14.1. The number of amides is 1. The predicted molar refractivity (Wildman–Crippen MR) is 117 cm³/mol. The summed E-state index contributed by atoms with van der Waals surface area (Å²) < 4.78 is 11.2. The summed E-state index contributed by atoms with van der Waals surface area (Å²) in [6, 6.07) is 19.0. The molecule has 30 heavy (non-hydrogen) atoms. The molecule has 0 saturated heterocycles. The molecule has 1 unspecified atom stereocenters. The van der Waals surface area contributed by atoms with Crippen molar-refractivity contribution in [3.8, 4) is 11.5 Å². The second kappa shape index (κ2) is 8.99. The molecule has 1 amide bonds. The van der Waals surface area contributed by atoms with Crippen molar-refractivity contribution in [1.82, 2.24) is 4.98 Å². The number of aromatic nitrogens is 1. The summed E-state index contributed by atoms with van der Waals surface area (Å²) in [5, 5.41) is 0. The van der Waals surface area contributed by atoms with E-state index in [-0.39, 0.29) is 11.9 Å². The van der Waals surface area contributed by atoms with Crippen molar-refractivity contribution in [3.63, 3.8) is 0 Å². The van der Waals surface area contributed by atoms with Gasteiger partial charge in [-0.25, -0.2) is 0 Å². The van der Waals surface area contributed by atoms with E-state index in [0.717, 1.165) is 29.8 Å². The Morgan fingerprint density at radius 3 is 2.57 bits per heavy atom. The van der Waals surface area contributed by atoms with Crippen molar-refractivity contribution in [2.24, 2.45) is 5.92 Å². The molecule has 5 heteroatoms. The molecule has 3 aromatic rings. The summed E-state index contributed by atoms with van der Waals surface area (Å²) in [7, 11) is 1.64. The lowest BCUT2D eigenvalue weighted by Gasteiger charge is -2.30. The summed E-state index contributed by atoms with van der Waals surface area (Å²) in [5.41, 5.74) is 2.47. The van der Waals surface area contributed by atoms with Crippen LogP contribution in [-0.2, 0) is 6.61 Å². The summed E-state index contributed by atoms with van der Waals surface area (Å²) in [6.45, 7) is 2.54. The molecule has 1 saturated carbocycles. The van der Waals surface area contributed by atoms with Gasteiger partial charge in [-0.05, 0) is 74.2 Å². The maximum absolute atomic E-state index is 13.5. The predicted octanol–water partition coefficient (Wildman–Crippen LogP) is 5.11. The molecule has 0 radical (unpaired) electrons. The van der Waals surface area contributed by atoms with Gasteiger partial charge in [0, 0.05) is 35.2 Å². The lowest BCUT2D eigenvalue weighted by atomic mass is 10.1. The monoisotopic (exact) mass is 402 g/mol. The first-order valence-electron chi connectivity index (χ1n) is 10.2. The van der Waals surface area contributed by atoms with Gasteiger partial charge in [0.15, 0.2) is 0 Å². The fourth-order valence-corrected chi connectivity index (χ4v) is 3.58. The Kier molecular flexibility index (Phi) is 5.98. The third-order valence-corrected chi connectivity index (χ3v) is 5.49. The zero-order valence-electron chi connectivity index (χ0n) is 17.3. The van der Waals surface area contributed by atoms with Gasteiger partial charge >= 0.3 is 0 Å². The van der Waals surface area contributed by atoms with Gasteiger partial charge < -0.3 is 14.4 Å². The first kappa shape index (κ1) is 20.0. The van der Waals surface area contributed by atoms with Crippen molar-refractivity contribution >= 4 is 11.6 Å². The Hall–Kier alpha value is -3.34. The van der Waals surface area contributed by atoms with Crippen molar-refractivity contribution in [2.75, 3.05) is 12.0 Å². The van der Waals surface area contributed by atoms with Crippen LogP contribution in [0.15, 0.2) is 73.1 Å². The second-order valence-corrected chi connectivity index (χ2v) is 7.63. The molecule has 0 bridgehead atoms. The number of methoxy groups -OCH3 is 1. The fraction of sp³-hybridized carbons (Fsp3) is 0.280. The average Bonchev–Trinajstić information content (AvgIpc) is 3.65. The molecule has 0 N–H and O–H groups in total. The molecular weight excluding hydrogens is 376 g/mol. The molecule has 5 nitrogen and oxygen atoms in total. The van der Waals surface area contributed by atoms with Crippen LogP contribution in [0.3, 0.4) is 0 Å². The van der Waals surface area contributed by atoms with E-state index >= 15 is 0 Å². The van der Waals surface area contributed by atoms with Crippen molar-refractivity contribution in [2.45, 2.75) is 32.4 Å². The molecule has 154 valence electrons. The maximum atomic E-state index is 13.5. The van der Waals surface area contributed by atoms with Crippen LogP contribution in [0.1, 0.15) is 35.7 Å². The van der Waals surface area contributed by atoms with E-state index in [0.29, 0.717) is 23.8 Å². The van der Waals surface area contributed by atoms with E-state index in [1.54, 1.807) is 19.5 Å². The van der Waals surface area contributed by atoms with Gasteiger partial charge in [-0.15, -0.1) is 0 Å². The number of hydrogen-bond donors (Lipinski definition) is 0. The Labute approximate surface area is 177 Å². The SMILES string of the molecule is COc1ccc(N(C(=O)c2cccc(OCc3cccnc3)c2)C(C)C2CC2)cc1. The zero-order chi connectivity index (χ0) is 20.9. The molecule has 1 aliphatic rings. The van der Waals surface area contributed by atoms with Gasteiger partial charge in [-0.3, -0.25) is 9.78 Å².